The maximum absolute atomic E-state index is 11.7. The first-order valence-corrected chi connectivity index (χ1v) is 8.38. The van der Waals surface area contributed by atoms with Crippen LogP contribution in [0.1, 0.15) is 18.4 Å². The lowest BCUT2D eigenvalue weighted by atomic mass is 10.1. The fourth-order valence-electron chi connectivity index (χ4n) is 2.28. The summed E-state index contributed by atoms with van der Waals surface area (Å²) in [5, 5.41) is 2.83. The summed E-state index contributed by atoms with van der Waals surface area (Å²) in [6, 6.07) is 9.85. The van der Waals surface area contributed by atoms with Crippen molar-refractivity contribution >= 4 is 15.7 Å². The highest BCUT2D eigenvalue weighted by Gasteiger charge is 2.27. The van der Waals surface area contributed by atoms with E-state index in [1.54, 1.807) is 0 Å². The van der Waals surface area contributed by atoms with E-state index < -0.39 is 9.84 Å². The van der Waals surface area contributed by atoms with Crippen molar-refractivity contribution in [3.8, 4) is 0 Å². The Morgan fingerprint density at radius 1 is 1.26 bits per heavy atom. The zero-order chi connectivity index (χ0) is 13.7. The van der Waals surface area contributed by atoms with Gasteiger partial charge in [-0.2, -0.15) is 0 Å². The average molecular weight is 281 g/mol. The van der Waals surface area contributed by atoms with Crippen LogP contribution < -0.4 is 5.32 Å². The molecule has 1 amide bonds. The summed E-state index contributed by atoms with van der Waals surface area (Å²) >= 11 is 0. The minimum atomic E-state index is -2.85. The number of hydrogen-bond donors (Lipinski definition) is 1. The summed E-state index contributed by atoms with van der Waals surface area (Å²) in [6.07, 6.45) is 1.83. The van der Waals surface area contributed by atoms with Crippen molar-refractivity contribution in [1.29, 1.82) is 0 Å². The molecule has 1 fully saturated rings. The highest BCUT2D eigenvalue weighted by atomic mass is 32.2. The van der Waals surface area contributed by atoms with Gasteiger partial charge in [0.1, 0.15) is 0 Å². The molecule has 1 heterocycles. The summed E-state index contributed by atoms with van der Waals surface area (Å²) in [5.41, 5.74) is 1.14. The number of sulfone groups is 1. The zero-order valence-corrected chi connectivity index (χ0v) is 11.7. The molecule has 104 valence electrons. The Balaban J connectivity index is 1.68. The number of carbonyl (C=O) groups is 1. The molecule has 0 radical (unpaired) electrons. The van der Waals surface area contributed by atoms with E-state index in [0.29, 0.717) is 19.4 Å². The van der Waals surface area contributed by atoms with Gasteiger partial charge in [-0.1, -0.05) is 30.3 Å². The van der Waals surface area contributed by atoms with Gasteiger partial charge >= 0.3 is 0 Å². The van der Waals surface area contributed by atoms with Crippen molar-refractivity contribution in [2.75, 3.05) is 18.1 Å². The summed E-state index contributed by atoms with van der Waals surface area (Å²) in [4.78, 5) is 11.7. The molecule has 1 unspecified atom stereocenters. The van der Waals surface area contributed by atoms with Crippen LogP contribution in [0.2, 0.25) is 0 Å². The highest BCUT2D eigenvalue weighted by molar-refractivity contribution is 7.91. The van der Waals surface area contributed by atoms with E-state index in [2.05, 4.69) is 5.32 Å². The van der Waals surface area contributed by atoms with Gasteiger partial charge in [-0.3, -0.25) is 4.79 Å². The van der Waals surface area contributed by atoms with Gasteiger partial charge in [-0.25, -0.2) is 8.42 Å². The quantitative estimate of drug-likeness (QED) is 0.881. The maximum atomic E-state index is 11.7. The van der Waals surface area contributed by atoms with Crippen molar-refractivity contribution in [1.82, 2.24) is 5.32 Å². The van der Waals surface area contributed by atoms with Crippen molar-refractivity contribution in [3.63, 3.8) is 0 Å². The van der Waals surface area contributed by atoms with Gasteiger partial charge in [0.2, 0.25) is 5.91 Å². The number of benzene rings is 1. The molecule has 1 aromatic rings. The van der Waals surface area contributed by atoms with Crippen LogP contribution in [0.5, 0.6) is 0 Å². The number of hydrogen-bond acceptors (Lipinski definition) is 3. The Kier molecular flexibility index (Phi) is 4.58. The van der Waals surface area contributed by atoms with E-state index in [1.807, 2.05) is 30.3 Å². The summed E-state index contributed by atoms with van der Waals surface area (Å²) in [6.45, 7) is 0.479. The van der Waals surface area contributed by atoms with Gasteiger partial charge < -0.3 is 5.32 Å². The normalized spacial score (nSPS) is 21.2. The zero-order valence-electron chi connectivity index (χ0n) is 10.8. The molecule has 0 bridgehead atoms. The van der Waals surface area contributed by atoms with Gasteiger partial charge in [-0.15, -0.1) is 0 Å². The standard InChI is InChI=1S/C14H19NO3S/c16-14(7-6-12-4-2-1-3-5-12)15-10-13-8-9-19(17,18)11-13/h1-5,13H,6-11H2,(H,15,16). The smallest absolute Gasteiger partial charge is 0.220 e. The summed E-state index contributed by atoms with van der Waals surface area (Å²) in [5.74, 6) is 0.558. The molecule has 0 saturated carbocycles. The SMILES string of the molecule is O=C(CCc1ccccc1)NCC1CCS(=O)(=O)C1. The number of rotatable bonds is 5. The Hall–Kier alpha value is -1.36. The van der Waals surface area contributed by atoms with Crippen LogP contribution in [0.25, 0.3) is 0 Å². The first-order chi connectivity index (χ1) is 9.05. The highest BCUT2D eigenvalue weighted by Crippen LogP contribution is 2.17. The fourth-order valence-corrected chi connectivity index (χ4v) is 4.14. The van der Waals surface area contributed by atoms with Crippen LogP contribution in [0.3, 0.4) is 0 Å². The van der Waals surface area contributed by atoms with Gasteiger partial charge in [-0.05, 0) is 24.3 Å². The fraction of sp³-hybridized carbons (Fsp3) is 0.500. The molecule has 5 heteroatoms. The Morgan fingerprint density at radius 3 is 2.63 bits per heavy atom. The van der Waals surface area contributed by atoms with Crippen LogP contribution >= 0.6 is 0 Å². The second kappa shape index (κ2) is 6.19. The third kappa shape index (κ3) is 4.67. The largest absolute Gasteiger partial charge is 0.356 e. The molecule has 1 aliphatic rings. The van der Waals surface area contributed by atoms with Crippen LogP contribution in [0, 0.1) is 5.92 Å². The maximum Gasteiger partial charge on any atom is 0.220 e. The van der Waals surface area contributed by atoms with Gasteiger partial charge in [0.15, 0.2) is 9.84 Å². The number of nitrogens with one attached hydrogen (secondary N) is 1. The molecule has 1 N–H and O–H groups in total. The minimum Gasteiger partial charge on any atom is -0.356 e. The molecule has 0 aliphatic carbocycles. The first-order valence-electron chi connectivity index (χ1n) is 6.56. The number of amides is 1. The lowest BCUT2D eigenvalue weighted by molar-refractivity contribution is -0.121. The minimum absolute atomic E-state index is 0.00634. The van der Waals surface area contributed by atoms with E-state index in [-0.39, 0.29) is 23.3 Å². The molecular formula is C14H19NO3S. The number of carbonyl (C=O) groups excluding carboxylic acids is 1. The van der Waals surface area contributed by atoms with Gasteiger partial charge in [0, 0.05) is 13.0 Å². The third-order valence-electron chi connectivity index (χ3n) is 3.40. The Morgan fingerprint density at radius 2 is 2.00 bits per heavy atom. The molecule has 4 nitrogen and oxygen atoms in total. The second-order valence-electron chi connectivity index (χ2n) is 5.06. The predicted octanol–water partition coefficient (Wildman–Crippen LogP) is 1.17. The lowest BCUT2D eigenvalue weighted by Gasteiger charge is -2.09. The Labute approximate surface area is 114 Å². The molecule has 1 atom stereocenters. The lowest BCUT2D eigenvalue weighted by Crippen LogP contribution is -2.29. The van der Waals surface area contributed by atoms with Crippen LogP contribution in [0.4, 0.5) is 0 Å². The van der Waals surface area contributed by atoms with E-state index in [0.717, 1.165) is 12.0 Å². The molecular weight excluding hydrogens is 262 g/mol. The number of aryl methyl sites for hydroxylation is 1. The summed E-state index contributed by atoms with van der Waals surface area (Å²) in [7, 11) is -2.85. The predicted molar refractivity (Wildman–Crippen MR) is 74.5 cm³/mol. The topological polar surface area (TPSA) is 63.2 Å². The van der Waals surface area contributed by atoms with Gasteiger partial charge in [0.25, 0.3) is 0 Å². The second-order valence-corrected chi connectivity index (χ2v) is 7.29. The molecule has 1 aliphatic heterocycles. The van der Waals surface area contributed by atoms with E-state index in [1.165, 1.54) is 0 Å². The molecule has 19 heavy (non-hydrogen) atoms. The van der Waals surface area contributed by atoms with Crippen molar-refractivity contribution in [3.05, 3.63) is 35.9 Å². The van der Waals surface area contributed by atoms with Crippen LogP contribution in [-0.2, 0) is 21.1 Å². The molecule has 1 aromatic carbocycles. The van der Waals surface area contributed by atoms with Crippen LogP contribution in [0.15, 0.2) is 30.3 Å². The molecule has 2 rings (SSSR count). The Bertz CT molecular complexity index is 525. The summed E-state index contributed by atoms with van der Waals surface area (Å²) < 4.78 is 22.6. The molecule has 1 saturated heterocycles. The van der Waals surface area contributed by atoms with E-state index >= 15 is 0 Å². The van der Waals surface area contributed by atoms with Crippen molar-refractivity contribution in [2.24, 2.45) is 5.92 Å². The first kappa shape index (κ1) is 14.1. The average Bonchev–Trinajstić information content (AvgIpc) is 2.75. The molecule has 0 spiro atoms. The molecule has 0 aromatic heterocycles. The van der Waals surface area contributed by atoms with E-state index in [9.17, 15) is 13.2 Å². The third-order valence-corrected chi connectivity index (χ3v) is 5.24. The van der Waals surface area contributed by atoms with Crippen molar-refractivity contribution in [2.45, 2.75) is 19.3 Å². The van der Waals surface area contributed by atoms with Gasteiger partial charge in [0.05, 0.1) is 11.5 Å². The monoisotopic (exact) mass is 281 g/mol. The van der Waals surface area contributed by atoms with E-state index in [4.69, 9.17) is 0 Å². The van der Waals surface area contributed by atoms with Crippen LogP contribution in [-0.4, -0.2) is 32.4 Å². The van der Waals surface area contributed by atoms with Crippen molar-refractivity contribution < 1.29 is 13.2 Å².